The molecule has 0 bridgehead atoms. The number of aliphatic hydroxyl groups is 1. The highest BCUT2D eigenvalue weighted by molar-refractivity contribution is 6.02. The van der Waals surface area contributed by atoms with Crippen LogP contribution in [0.4, 0.5) is 0 Å². The molecule has 0 saturated heterocycles. The Labute approximate surface area is 140 Å². The van der Waals surface area contributed by atoms with Gasteiger partial charge in [-0.05, 0) is 49.6 Å². The van der Waals surface area contributed by atoms with Gasteiger partial charge < -0.3 is 15.4 Å². The number of benzene rings is 1. The van der Waals surface area contributed by atoms with E-state index in [1.165, 1.54) is 0 Å². The van der Waals surface area contributed by atoms with Gasteiger partial charge in [-0.15, -0.1) is 0 Å². The number of nitrogens with one attached hydrogen (secondary N) is 2. The van der Waals surface area contributed by atoms with Gasteiger partial charge in [0.25, 0.3) is 5.91 Å². The monoisotopic (exact) mass is 323 g/mol. The van der Waals surface area contributed by atoms with Crippen LogP contribution < -0.4 is 5.32 Å². The third-order valence-corrected chi connectivity index (χ3v) is 4.33. The van der Waals surface area contributed by atoms with Crippen LogP contribution in [0.25, 0.3) is 10.9 Å². The van der Waals surface area contributed by atoms with Gasteiger partial charge in [-0.25, -0.2) is 0 Å². The molecule has 0 saturated carbocycles. The van der Waals surface area contributed by atoms with Crippen molar-refractivity contribution < 1.29 is 9.90 Å². The Balaban J connectivity index is 1.81. The van der Waals surface area contributed by atoms with Crippen molar-refractivity contribution in [2.45, 2.75) is 26.9 Å². The molecule has 0 unspecified atom stereocenters. The van der Waals surface area contributed by atoms with Gasteiger partial charge in [0.15, 0.2) is 0 Å². The minimum absolute atomic E-state index is 0.114. The molecule has 3 rings (SSSR count). The van der Waals surface area contributed by atoms with E-state index in [4.69, 9.17) is 0 Å². The van der Waals surface area contributed by atoms with Crippen LogP contribution in [0, 0.1) is 20.8 Å². The smallest absolute Gasteiger partial charge is 0.268 e. The molecule has 5 nitrogen and oxygen atoms in total. The second kappa shape index (κ2) is 6.45. The van der Waals surface area contributed by atoms with E-state index >= 15 is 0 Å². The van der Waals surface area contributed by atoms with Crippen LogP contribution in [-0.4, -0.2) is 27.5 Å². The zero-order valence-electron chi connectivity index (χ0n) is 14.1. The lowest BCUT2D eigenvalue weighted by atomic mass is 10.0. The first kappa shape index (κ1) is 16.2. The molecule has 2 heterocycles. The maximum atomic E-state index is 12.5. The van der Waals surface area contributed by atoms with Gasteiger partial charge in [0.1, 0.15) is 11.8 Å². The van der Waals surface area contributed by atoms with Crippen molar-refractivity contribution in [1.29, 1.82) is 0 Å². The van der Waals surface area contributed by atoms with Gasteiger partial charge >= 0.3 is 0 Å². The maximum Gasteiger partial charge on any atom is 0.268 e. The number of hydrogen-bond donors (Lipinski definition) is 3. The molecule has 3 aromatic rings. The van der Waals surface area contributed by atoms with Crippen molar-refractivity contribution in [2.24, 2.45) is 0 Å². The second-order valence-electron chi connectivity index (χ2n) is 6.05. The standard InChI is InChI=1S/C19H21N3O2/c1-11-7-8-12(2)17-16(11)13(3)18(22-17)19(24)21-10-15(23)14-6-4-5-9-20-14/h4-9,15,22-23H,10H2,1-3H3,(H,21,24)/t15-/m0/s1. The fourth-order valence-corrected chi connectivity index (χ4v) is 2.98. The third-order valence-electron chi connectivity index (χ3n) is 4.33. The molecule has 5 heteroatoms. The van der Waals surface area contributed by atoms with Crippen LogP contribution in [0.2, 0.25) is 0 Å². The van der Waals surface area contributed by atoms with Gasteiger partial charge in [0.05, 0.1) is 5.69 Å². The molecule has 1 aromatic carbocycles. The Morgan fingerprint density at radius 2 is 1.96 bits per heavy atom. The number of aromatic nitrogens is 2. The lowest BCUT2D eigenvalue weighted by Crippen LogP contribution is -2.29. The Bertz CT molecular complexity index is 885. The minimum Gasteiger partial charge on any atom is -0.385 e. The number of hydrogen-bond acceptors (Lipinski definition) is 3. The molecule has 0 aliphatic carbocycles. The number of aliphatic hydroxyl groups excluding tert-OH is 1. The van der Waals surface area contributed by atoms with Crippen molar-refractivity contribution >= 4 is 16.8 Å². The summed E-state index contributed by atoms with van der Waals surface area (Å²) < 4.78 is 0. The molecule has 2 aromatic heterocycles. The van der Waals surface area contributed by atoms with Crippen LogP contribution in [0.15, 0.2) is 36.5 Å². The van der Waals surface area contributed by atoms with Crippen LogP contribution in [0.5, 0.6) is 0 Å². The molecule has 0 aliphatic rings. The van der Waals surface area contributed by atoms with Gasteiger partial charge in [-0.2, -0.15) is 0 Å². The van der Waals surface area contributed by atoms with Gasteiger partial charge in [0, 0.05) is 23.6 Å². The molecule has 1 atom stereocenters. The highest BCUT2D eigenvalue weighted by Gasteiger charge is 2.18. The lowest BCUT2D eigenvalue weighted by Gasteiger charge is -2.11. The maximum absolute atomic E-state index is 12.5. The van der Waals surface area contributed by atoms with Gasteiger partial charge in [0.2, 0.25) is 0 Å². The number of fused-ring (bicyclic) bond motifs is 1. The lowest BCUT2D eigenvalue weighted by molar-refractivity contribution is 0.0909. The number of pyridine rings is 1. The van der Waals surface area contributed by atoms with Crippen molar-refractivity contribution in [3.63, 3.8) is 0 Å². The topological polar surface area (TPSA) is 78.0 Å². The largest absolute Gasteiger partial charge is 0.385 e. The molecule has 0 spiro atoms. The summed E-state index contributed by atoms with van der Waals surface area (Å²) in [6.07, 6.45) is 0.789. The number of amides is 1. The summed E-state index contributed by atoms with van der Waals surface area (Å²) in [4.78, 5) is 19.8. The molecule has 0 radical (unpaired) electrons. The number of rotatable bonds is 4. The summed E-state index contributed by atoms with van der Waals surface area (Å²) in [6.45, 7) is 6.11. The first-order chi connectivity index (χ1) is 11.5. The average molecular weight is 323 g/mol. The summed E-state index contributed by atoms with van der Waals surface area (Å²) in [5.41, 5.74) is 5.23. The third kappa shape index (κ3) is 2.90. The Morgan fingerprint density at radius 3 is 2.62 bits per heavy atom. The highest BCUT2D eigenvalue weighted by Crippen LogP contribution is 2.27. The predicted molar refractivity (Wildman–Crippen MR) is 94.0 cm³/mol. The highest BCUT2D eigenvalue weighted by atomic mass is 16.3. The molecule has 0 fully saturated rings. The van der Waals surface area contributed by atoms with Crippen molar-refractivity contribution in [2.75, 3.05) is 6.54 Å². The molecular weight excluding hydrogens is 302 g/mol. The summed E-state index contributed by atoms with van der Waals surface area (Å²) in [6, 6.07) is 9.43. The zero-order chi connectivity index (χ0) is 17.3. The summed E-state index contributed by atoms with van der Waals surface area (Å²) >= 11 is 0. The molecule has 0 aliphatic heterocycles. The van der Waals surface area contributed by atoms with E-state index in [-0.39, 0.29) is 12.5 Å². The SMILES string of the molecule is Cc1ccc(C)c2c(C)c(C(=O)NC[C@H](O)c3ccccn3)[nH]c12. The first-order valence-electron chi connectivity index (χ1n) is 7.94. The number of carbonyl (C=O) groups is 1. The number of H-pyrrole nitrogens is 1. The van der Waals surface area contributed by atoms with E-state index in [0.717, 1.165) is 27.6 Å². The molecule has 1 amide bonds. The predicted octanol–water partition coefficient (Wildman–Crippen LogP) is 2.95. The quantitative estimate of drug-likeness (QED) is 0.691. The van der Waals surface area contributed by atoms with E-state index in [9.17, 15) is 9.90 Å². The van der Waals surface area contributed by atoms with Gasteiger partial charge in [-0.3, -0.25) is 9.78 Å². The molecule has 24 heavy (non-hydrogen) atoms. The fourth-order valence-electron chi connectivity index (χ4n) is 2.98. The Kier molecular flexibility index (Phi) is 4.36. The van der Waals surface area contributed by atoms with E-state index in [2.05, 4.69) is 21.4 Å². The second-order valence-corrected chi connectivity index (χ2v) is 6.05. The average Bonchev–Trinajstić information content (AvgIpc) is 2.95. The molecular formula is C19H21N3O2. The molecule has 3 N–H and O–H groups in total. The van der Waals surface area contributed by atoms with Crippen molar-refractivity contribution in [1.82, 2.24) is 15.3 Å². The van der Waals surface area contributed by atoms with Crippen LogP contribution in [-0.2, 0) is 0 Å². The summed E-state index contributed by atoms with van der Waals surface area (Å²) in [5, 5.41) is 14.0. The Morgan fingerprint density at radius 1 is 1.21 bits per heavy atom. The number of carbonyl (C=O) groups excluding carboxylic acids is 1. The summed E-state index contributed by atoms with van der Waals surface area (Å²) in [5.74, 6) is -0.225. The minimum atomic E-state index is -0.830. The number of aromatic amines is 1. The van der Waals surface area contributed by atoms with E-state index < -0.39 is 6.10 Å². The summed E-state index contributed by atoms with van der Waals surface area (Å²) in [7, 11) is 0. The van der Waals surface area contributed by atoms with E-state index in [1.807, 2.05) is 26.8 Å². The van der Waals surface area contributed by atoms with Crippen LogP contribution in [0.1, 0.15) is 39.0 Å². The first-order valence-corrected chi connectivity index (χ1v) is 7.94. The number of aryl methyl sites for hydroxylation is 3. The van der Waals surface area contributed by atoms with E-state index in [1.54, 1.807) is 24.4 Å². The number of nitrogens with zero attached hydrogens (tertiary/aromatic N) is 1. The van der Waals surface area contributed by atoms with Crippen molar-refractivity contribution in [3.05, 3.63) is 64.6 Å². The normalized spacial score (nSPS) is 12.3. The van der Waals surface area contributed by atoms with Gasteiger partial charge in [-0.1, -0.05) is 18.2 Å². The Hall–Kier alpha value is -2.66. The fraction of sp³-hybridized carbons (Fsp3) is 0.263. The van der Waals surface area contributed by atoms with Crippen LogP contribution in [0.3, 0.4) is 0 Å². The zero-order valence-corrected chi connectivity index (χ0v) is 14.1. The molecule has 124 valence electrons. The van der Waals surface area contributed by atoms with Crippen molar-refractivity contribution in [3.8, 4) is 0 Å². The van der Waals surface area contributed by atoms with E-state index in [0.29, 0.717) is 11.4 Å². The van der Waals surface area contributed by atoms with Crippen LogP contribution >= 0.6 is 0 Å².